The van der Waals surface area contributed by atoms with Gasteiger partial charge in [-0.25, -0.2) is 14.6 Å². The van der Waals surface area contributed by atoms with Gasteiger partial charge in [0.25, 0.3) is 5.95 Å². The van der Waals surface area contributed by atoms with Crippen molar-refractivity contribution in [2.45, 2.75) is 40.5 Å². The Kier molecular flexibility index (Phi) is 5.11. The summed E-state index contributed by atoms with van der Waals surface area (Å²) in [6, 6.07) is 8.19. The Balaban J connectivity index is 1.62. The summed E-state index contributed by atoms with van der Waals surface area (Å²) >= 11 is 0. The average molecular weight is 349 g/mol. The molecule has 1 aromatic carbocycles. The van der Waals surface area contributed by atoms with Crippen molar-refractivity contribution in [1.82, 2.24) is 19.7 Å². The minimum Gasteiger partial charge on any atom is -0.323 e. The van der Waals surface area contributed by atoms with Crippen LogP contribution in [0.2, 0.25) is 0 Å². The molecule has 0 fully saturated rings. The molecule has 3 aromatic rings. The molecule has 1 amide bonds. The molecule has 2 aromatic heterocycles. The summed E-state index contributed by atoms with van der Waals surface area (Å²) in [7, 11) is 0. The van der Waals surface area contributed by atoms with E-state index in [1.54, 1.807) is 17.1 Å². The first kappa shape index (κ1) is 17.8. The number of nitrogens with one attached hydrogen (secondary N) is 1. The summed E-state index contributed by atoms with van der Waals surface area (Å²) in [6.45, 7) is 8.02. The predicted octanol–water partition coefficient (Wildman–Crippen LogP) is 3.47. The maximum Gasteiger partial charge on any atom is 0.250 e. The lowest BCUT2D eigenvalue weighted by Crippen LogP contribution is -2.13. The summed E-state index contributed by atoms with van der Waals surface area (Å²) in [5, 5.41) is 7.29. The summed E-state index contributed by atoms with van der Waals surface area (Å²) in [5.41, 5.74) is 6.04. The molecule has 0 spiro atoms. The van der Waals surface area contributed by atoms with E-state index in [2.05, 4.69) is 26.4 Å². The van der Waals surface area contributed by atoms with Crippen molar-refractivity contribution in [3.8, 4) is 5.95 Å². The minimum atomic E-state index is -0.0511. The molecule has 0 saturated carbocycles. The van der Waals surface area contributed by atoms with Gasteiger partial charge < -0.3 is 5.32 Å². The lowest BCUT2D eigenvalue weighted by atomic mass is 10.1. The van der Waals surface area contributed by atoms with Crippen molar-refractivity contribution in [3.05, 3.63) is 64.7 Å². The molecule has 2 heterocycles. The highest BCUT2D eigenvalue weighted by molar-refractivity contribution is 5.90. The summed E-state index contributed by atoms with van der Waals surface area (Å²) < 4.78 is 1.72. The maximum absolute atomic E-state index is 12.1. The first-order valence-corrected chi connectivity index (χ1v) is 8.64. The van der Waals surface area contributed by atoms with Crippen molar-refractivity contribution < 1.29 is 4.79 Å². The van der Waals surface area contributed by atoms with Crippen LogP contribution in [0.25, 0.3) is 5.95 Å². The van der Waals surface area contributed by atoms with Crippen LogP contribution in [-0.4, -0.2) is 25.7 Å². The predicted molar refractivity (Wildman–Crippen MR) is 101 cm³/mol. The van der Waals surface area contributed by atoms with Crippen molar-refractivity contribution in [2.75, 3.05) is 5.32 Å². The van der Waals surface area contributed by atoms with E-state index in [-0.39, 0.29) is 5.91 Å². The highest BCUT2D eigenvalue weighted by Crippen LogP contribution is 2.15. The number of carbonyl (C=O) groups is 1. The number of nitrogens with zero attached hydrogens (tertiary/aromatic N) is 4. The zero-order valence-electron chi connectivity index (χ0n) is 15.6. The fourth-order valence-electron chi connectivity index (χ4n) is 2.76. The van der Waals surface area contributed by atoms with Crippen LogP contribution < -0.4 is 5.32 Å². The van der Waals surface area contributed by atoms with Gasteiger partial charge >= 0.3 is 0 Å². The Labute approximate surface area is 153 Å². The summed E-state index contributed by atoms with van der Waals surface area (Å²) in [4.78, 5) is 20.8. The second-order valence-electron chi connectivity index (χ2n) is 6.52. The van der Waals surface area contributed by atoms with Crippen LogP contribution in [0.5, 0.6) is 0 Å². The van der Waals surface area contributed by atoms with Gasteiger partial charge in [0.2, 0.25) is 5.91 Å². The van der Waals surface area contributed by atoms with E-state index in [1.807, 2.05) is 45.9 Å². The van der Waals surface area contributed by atoms with Crippen LogP contribution in [0.1, 0.15) is 34.5 Å². The van der Waals surface area contributed by atoms with Crippen LogP contribution in [0, 0.1) is 27.7 Å². The molecule has 134 valence electrons. The molecule has 26 heavy (non-hydrogen) atoms. The minimum absolute atomic E-state index is 0.0511. The second-order valence-corrected chi connectivity index (χ2v) is 6.52. The Morgan fingerprint density at radius 1 is 1.12 bits per heavy atom. The smallest absolute Gasteiger partial charge is 0.250 e. The Morgan fingerprint density at radius 2 is 1.85 bits per heavy atom. The largest absolute Gasteiger partial charge is 0.323 e. The zero-order chi connectivity index (χ0) is 18.7. The number of benzene rings is 1. The second kappa shape index (κ2) is 7.47. The van der Waals surface area contributed by atoms with Crippen LogP contribution >= 0.6 is 0 Å². The molecule has 0 saturated heterocycles. The molecule has 0 aliphatic carbocycles. The first-order valence-electron chi connectivity index (χ1n) is 8.64. The fourth-order valence-corrected chi connectivity index (χ4v) is 2.76. The third-order valence-electron chi connectivity index (χ3n) is 4.49. The highest BCUT2D eigenvalue weighted by Gasteiger charge is 2.11. The van der Waals surface area contributed by atoms with Crippen LogP contribution in [0.15, 0.2) is 36.7 Å². The number of anilines is 1. The number of aromatic nitrogens is 4. The Hall–Kier alpha value is -3.02. The quantitative estimate of drug-likeness (QED) is 0.765. The van der Waals surface area contributed by atoms with Crippen molar-refractivity contribution >= 4 is 11.6 Å². The molecule has 1 N–H and O–H groups in total. The lowest BCUT2D eigenvalue weighted by Gasteiger charge is -2.07. The van der Waals surface area contributed by atoms with Gasteiger partial charge in [-0.15, -0.1) is 0 Å². The van der Waals surface area contributed by atoms with Gasteiger partial charge in [-0.05, 0) is 45.2 Å². The lowest BCUT2D eigenvalue weighted by molar-refractivity contribution is -0.116. The molecule has 6 nitrogen and oxygen atoms in total. The molecule has 0 radical (unpaired) electrons. The fraction of sp³-hybridized carbons (Fsp3) is 0.300. The molecule has 0 aliphatic rings. The van der Waals surface area contributed by atoms with E-state index in [0.717, 1.165) is 22.5 Å². The van der Waals surface area contributed by atoms with Gasteiger partial charge in [0, 0.05) is 12.1 Å². The molecular formula is C20H23N5O. The molecule has 3 rings (SSSR count). The first-order chi connectivity index (χ1) is 12.4. The monoisotopic (exact) mass is 349 g/mol. The number of hydrogen-bond donors (Lipinski definition) is 1. The summed E-state index contributed by atoms with van der Waals surface area (Å²) in [5.74, 6) is 0.446. The van der Waals surface area contributed by atoms with Gasteiger partial charge in [-0.3, -0.25) is 4.79 Å². The van der Waals surface area contributed by atoms with Crippen molar-refractivity contribution in [3.63, 3.8) is 0 Å². The third-order valence-corrected chi connectivity index (χ3v) is 4.49. The van der Waals surface area contributed by atoms with Gasteiger partial charge in [0.15, 0.2) is 0 Å². The Bertz CT molecular complexity index is 928. The molecule has 0 aliphatic heterocycles. The maximum atomic E-state index is 12.1. The van der Waals surface area contributed by atoms with Crippen molar-refractivity contribution in [1.29, 1.82) is 0 Å². The number of amides is 1. The number of carbonyl (C=O) groups excluding carboxylic acids is 1. The average Bonchev–Trinajstić information content (AvgIpc) is 2.88. The third kappa shape index (κ3) is 3.96. The number of hydrogen-bond acceptors (Lipinski definition) is 4. The molecule has 0 atom stereocenters. The van der Waals surface area contributed by atoms with Crippen molar-refractivity contribution in [2.24, 2.45) is 0 Å². The van der Waals surface area contributed by atoms with Gasteiger partial charge in [-0.1, -0.05) is 29.8 Å². The van der Waals surface area contributed by atoms with E-state index in [9.17, 15) is 4.79 Å². The van der Waals surface area contributed by atoms with Gasteiger partial charge in [-0.2, -0.15) is 5.10 Å². The normalized spacial score (nSPS) is 10.8. The van der Waals surface area contributed by atoms with E-state index < -0.39 is 0 Å². The SMILES string of the molecule is Cc1cccc(CCC(=O)Nc2cnc(-n3nc(C)c(C)c3C)nc2)c1. The van der Waals surface area contributed by atoms with E-state index in [1.165, 1.54) is 5.56 Å². The van der Waals surface area contributed by atoms with E-state index in [0.29, 0.717) is 24.5 Å². The standard InChI is InChI=1S/C20H23N5O/c1-13-6-5-7-17(10-13)8-9-19(26)23-18-11-21-20(22-12-18)25-16(4)14(2)15(3)24-25/h5-7,10-12H,8-9H2,1-4H3,(H,23,26). The molecule has 6 heteroatoms. The molecular weight excluding hydrogens is 326 g/mol. The Morgan fingerprint density at radius 3 is 2.46 bits per heavy atom. The topological polar surface area (TPSA) is 72.7 Å². The van der Waals surface area contributed by atoms with E-state index in [4.69, 9.17) is 0 Å². The highest BCUT2D eigenvalue weighted by atomic mass is 16.1. The van der Waals surface area contributed by atoms with Crippen LogP contribution in [0.3, 0.4) is 0 Å². The van der Waals surface area contributed by atoms with E-state index >= 15 is 0 Å². The van der Waals surface area contributed by atoms with Gasteiger partial charge in [0.05, 0.1) is 23.8 Å². The van der Waals surface area contributed by atoms with Crippen LogP contribution in [-0.2, 0) is 11.2 Å². The number of aryl methyl sites for hydroxylation is 3. The number of rotatable bonds is 5. The summed E-state index contributed by atoms with van der Waals surface area (Å²) in [6.07, 6.45) is 4.34. The molecule has 0 bridgehead atoms. The van der Waals surface area contributed by atoms with Crippen LogP contribution in [0.4, 0.5) is 5.69 Å². The van der Waals surface area contributed by atoms with Gasteiger partial charge in [0.1, 0.15) is 0 Å². The zero-order valence-corrected chi connectivity index (χ0v) is 15.6. The molecule has 0 unspecified atom stereocenters.